The van der Waals surface area contributed by atoms with Gasteiger partial charge in [0.1, 0.15) is 37.1 Å². The lowest BCUT2D eigenvalue weighted by Crippen LogP contribution is -2.55. The van der Waals surface area contributed by atoms with Crippen LogP contribution in [0.2, 0.25) is 0 Å². The highest BCUT2D eigenvalue weighted by Gasteiger charge is 2.30. The fourth-order valence-corrected chi connectivity index (χ4v) is 5.44. The SMILES string of the molecule is C#Cc1cccc(Nc2ncnc3cc(OCCOC)c(OCCOC)cc23)c1.CC(C)C[C@H](NC(=O)[C@H](Cc1ccccc1)NC(=O)c1cnccn1)B(O)O. The number of terminal acetylenes is 1. The minimum Gasteiger partial charge on any atom is -0.487 e. The molecule has 0 aliphatic carbocycles. The number of carbonyl (C=O) groups excluding carboxylic acids is 2. The third-order valence-corrected chi connectivity index (χ3v) is 8.20. The Morgan fingerprint density at radius 1 is 0.860 bits per heavy atom. The summed E-state index contributed by atoms with van der Waals surface area (Å²) in [5.74, 6) is 2.72. The average molecular weight is 778 g/mol. The number of hydrogen-bond donors (Lipinski definition) is 5. The Balaban J connectivity index is 0.000000253. The molecular formula is C41H48BN7O8. The quantitative estimate of drug-likeness (QED) is 0.0462. The van der Waals surface area contributed by atoms with Crippen LogP contribution in [0.1, 0.15) is 41.9 Å². The van der Waals surface area contributed by atoms with Crippen molar-refractivity contribution < 1.29 is 38.6 Å². The first-order valence-electron chi connectivity index (χ1n) is 18.2. The summed E-state index contributed by atoms with van der Waals surface area (Å²) in [6, 6.07) is 19.6. The molecule has 0 spiro atoms. The second-order valence-electron chi connectivity index (χ2n) is 13.0. The van der Waals surface area contributed by atoms with Crippen LogP contribution < -0.4 is 25.4 Å². The van der Waals surface area contributed by atoms with Gasteiger partial charge in [-0.3, -0.25) is 14.6 Å². The fraction of sp³-hybridized carbons (Fsp3) is 0.317. The molecule has 0 aliphatic heterocycles. The monoisotopic (exact) mass is 777 g/mol. The standard InChI is InChI=1S/C22H23N3O4.C19H25BN4O4/c1-4-16-6-5-7-17(12-16)25-22-18-13-20(28-10-8-26-2)21(29-11-9-27-3)14-19(18)23-15-24-22;1-13(2)10-17(20(27)28)24-18(25)15(11-14-6-4-3-5-7-14)23-19(26)16-12-21-8-9-22-16/h1,5-7,12-15H,8-11H2,2-3H3,(H,23,24,25);3-9,12-13,15,17,27-28H,10-11H2,1-2H3,(H,23,26)(H,24,25)/t;15-,17-/m.0/s1. The van der Waals surface area contributed by atoms with Crippen molar-refractivity contribution in [2.45, 2.75) is 38.7 Å². The van der Waals surface area contributed by atoms with Crippen molar-refractivity contribution in [3.8, 4) is 23.8 Å². The molecule has 2 amide bonds. The lowest BCUT2D eigenvalue weighted by Gasteiger charge is -2.24. The van der Waals surface area contributed by atoms with Crippen LogP contribution in [0.15, 0.2) is 91.6 Å². The van der Waals surface area contributed by atoms with Crippen molar-refractivity contribution in [2.75, 3.05) is 46.0 Å². The van der Waals surface area contributed by atoms with Gasteiger partial charge in [-0.15, -0.1) is 6.42 Å². The molecular weight excluding hydrogens is 729 g/mol. The molecule has 3 aromatic carbocycles. The lowest BCUT2D eigenvalue weighted by atomic mass is 9.75. The molecule has 0 radical (unpaired) electrons. The highest BCUT2D eigenvalue weighted by molar-refractivity contribution is 6.43. The topological polar surface area (TPSA) is 199 Å². The minimum atomic E-state index is -1.69. The Hall–Kier alpha value is -6.12. The van der Waals surface area contributed by atoms with E-state index in [2.05, 4.69) is 41.8 Å². The fourth-order valence-electron chi connectivity index (χ4n) is 5.44. The van der Waals surface area contributed by atoms with Crippen molar-refractivity contribution in [3.05, 3.63) is 108 Å². The molecule has 0 bridgehead atoms. The Morgan fingerprint density at radius 2 is 1.58 bits per heavy atom. The molecule has 15 nitrogen and oxygen atoms in total. The number of anilines is 2. The van der Waals surface area contributed by atoms with E-state index in [0.29, 0.717) is 50.2 Å². The summed E-state index contributed by atoms with van der Waals surface area (Å²) in [7, 11) is 1.56. The molecule has 298 valence electrons. The molecule has 0 unspecified atom stereocenters. The number of fused-ring (bicyclic) bond motifs is 1. The zero-order valence-corrected chi connectivity index (χ0v) is 32.4. The van der Waals surface area contributed by atoms with Crippen LogP contribution in [-0.4, -0.2) is 102 Å². The number of carbonyl (C=O) groups is 2. The summed E-state index contributed by atoms with van der Waals surface area (Å²) < 4.78 is 21.8. The maximum Gasteiger partial charge on any atom is 0.475 e. The summed E-state index contributed by atoms with van der Waals surface area (Å²) >= 11 is 0. The highest BCUT2D eigenvalue weighted by atomic mass is 16.5. The zero-order valence-electron chi connectivity index (χ0n) is 32.4. The van der Waals surface area contributed by atoms with Crippen molar-refractivity contribution in [1.82, 2.24) is 30.6 Å². The molecule has 16 heteroatoms. The largest absolute Gasteiger partial charge is 0.487 e. The highest BCUT2D eigenvalue weighted by Crippen LogP contribution is 2.35. The first-order chi connectivity index (χ1) is 27.6. The predicted molar refractivity (Wildman–Crippen MR) is 217 cm³/mol. The van der Waals surface area contributed by atoms with Gasteiger partial charge >= 0.3 is 7.12 Å². The van der Waals surface area contributed by atoms with Gasteiger partial charge in [-0.05, 0) is 42.2 Å². The van der Waals surface area contributed by atoms with E-state index >= 15 is 0 Å². The molecule has 0 saturated carbocycles. The number of amides is 2. The molecule has 2 heterocycles. The van der Waals surface area contributed by atoms with E-state index in [1.165, 1.54) is 24.9 Å². The summed E-state index contributed by atoms with van der Waals surface area (Å²) in [4.78, 5) is 41.8. The Morgan fingerprint density at radius 3 is 2.21 bits per heavy atom. The molecule has 5 aromatic rings. The lowest BCUT2D eigenvalue weighted by molar-refractivity contribution is -0.123. The third-order valence-electron chi connectivity index (χ3n) is 8.20. The molecule has 2 aromatic heterocycles. The van der Waals surface area contributed by atoms with Gasteiger partial charge in [-0.2, -0.15) is 0 Å². The minimum absolute atomic E-state index is 0.0919. The molecule has 57 heavy (non-hydrogen) atoms. The van der Waals surface area contributed by atoms with Gasteiger partial charge in [-0.25, -0.2) is 15.0 Å². The van der Waals surface area contributed by atoms with E-state index in [-0.39, 0.29) is 18.0 Å². The van der Waals surface area contributed by atoms with Gasteiger partial charge in [0.25, 0.3) is 5.91 Å². The second kappa shape index (κ2) is 23.1. The second-order valence-corrected chi connectivity index (χ2v) is 13.0. The number of nitrogens with one attached hydrogen (secondary N) is 3. The molecule has 5 N–H and O–H groups in total. The number of nitrogens with zero attached hydrogens (tertiary/aromatic N) is 4. The zero-order chi connectivity index (χ0) is 41.0. The van der Waals surface area contributed by atoms with E-state index < -0.39 is 30.9 Å². The number of benzene rings is 3. The van der Waals surface area contributed by atoms with Crippen molar-refractivity contribution in [2.24, 2.45) is 5.92 Å². The molecule has 2 atom stereocenters. The summed E-state index contributed by atoms with van der Waals surface area (Å²) in [6.45, 7) is 5.56. The average Bonchev–Trinajstić information content (AvgIpc) is 3.21. The van der Waals surface area contributed by atoms with Crippen LogP contribution in [0.4, 0.5) is 11.5 Å². The molecule has 0 saturated heterocycles. The normalized spacial score (nSPS) is 11.7. The maximum atomic E-state index is 12.8. The van der Waals surface area contributed by atoms with E-state index in [1.807, 2.05) is 80.6 Å². The van der Waals surface area contributed by atoms with E-state index in [1.54, 1.807) is 14.2 Å². The first kappa shape index (κ1) is 43.6. The Kier molecular flexibility index (Phi) is 17.7. The number of ether oxygens (including phenoxy) is 4. The Labute approximate surface area is 332 Å². The molecule has 5 rings (SSSR count). The van der Waals surface area contributed by atoms with Crippen LogP contribution >= 0.6 is 0 Å². The Bertz CT molecular complexity index is 2050. The summed E-state index contributed by atoms with van der Waals surface area (Å²) in [6.07, 6.45) is 11.8. The first-order valence-corrected chi connectivity index (χ1v) is 18.2. The smallest absolute Gasteiger partial charge is 0.475 e. The summed E-state index contributed by atoms with van der Waals surface area (Å²) in [5, 5.41) is 28.5. The summed E-state index contributed by atoms with van der Waals surface area (Å²) in [5.41, 5.74) is 3.29. The maximum absolute atomic E-state index is 12.8. The van der Waals surface area contributed by atoms with Crippen LogP contribution in [0.5, 0.6) is 11.5 Å². The van der Waals surface area contributed by atoms with Crippen LogP contribution in [0.25, 0.3) is 10.9 Å². The van der Waals surface area contributed by atoms with E-state index in [9.17, 15) is 19.6 Å². The van der Waals surface area contributed by atoms with Crippen LogP contribution in [-0.2, 0) is 20.7 Å². The number of methoxy groups -OCH3 is 2. The van der Waals surface area contributed by atoms with Crippen molar-refractivity contribution in [3.63, 3.8) is 0 Å². The molecule has 0 aliphatic rings. The van der Waals surface area contributed by atoms with E-state index in [4.69, 9.17) is 25.4 Å². The van der Waals surface area contributed by atoms with Gasteiger partial charge in [0.15, 0.2) is 11.5 Å². The number of aromatic nitrogens is 4. The van der Waals surface area contributed by atoms with Gasteiger partial charge in [0, 0.05) is 55.7 Å². The van der Waals surface area contributed by atoms with Gasteiger partial charge < -0.3 is 44.9 Å². The van der Waals surface area contributed by atoms with E-state index in [0.717, 1.165) is 27.7 Å². The van der Waals surface area contributed by atoms with Gasteiger partial charge in [0.05, 0.1) is 30.9 Å². The number of hydrogen-bond acceptors (Lipinski definition) is 13. The predicted octanol–water partition coefficient (Wildman–Crippen LogP) is 3.77. The van der Waals surface area contributed by atoms with Crippen LogP contribution in [0.3, 0.4) is 0 Å². The molecule has 0 fully saturated rings. The third kappa shape index (κ3) is 14.2. The van der Waals surface area contributed by atoms with Crippen molar-refractivity contribution in [1.29, 1.82) is 0 Å². The van der Waals surface area contributed by atoms with Crippen molar-refractivity contribution >= 4 is 41.3 Å². The van der Waals surface area contributed by atoms with Crippen LogP contribution in [0, 0.1) is 18.3 Å². The van der Waals surface area contributed by atoms with Gasteiger partial charge in [0.2, 0.25) is 5.91 Å². The number of rotatable bonds is 19. The van der Waals surface area contributed by atoms with Gasteiger partial charge in [-0.1, -0.05) is 56.2 Å².